The second-order valence-electron chi connectivity index (χ2n) is 4.33. The zero-order valence-corrected chi connectivity index (χ0v) is 12.0. The van der Waals surface area contributed by atoms with E-state index in [2.05, 4.69) is 15.3 Å². The topological polar surface area (TPSA) is 37.8 Å². The number of halogens is 2. The van der Waals surface area contributed by atoms with Gasteiger partial charge >= 0.3 is 0 Å². The van der Waals surface area contributed by atoms with Gasteiger partial charge in [-0.3, -0.25) is 4.98 Å². The van der Waals surface area contributed by atoms with Crippen molar-refractivity contribution in [2.75, 3.05) is 5.32 Å². The Balaban J connectivity index is 1.90. The molecule has 3 rings (SSSR count). The predicted molar refractivity (Wildman–Crippen MR) is 83.3 cm³/mol. The van der Waals surface area contributed by atoms with Gasteiger partial charge < -0.3 is 5.32 Å². The van der Waals surface area contributed by atoms with Crippen LogP contribution in [0.4, 0.5) is 5.69 Å². The van der Waals surface area contributed by atoms with Crippen molar-refractivity contribution in [2.45, 2.75) is 6.54 Å². The van der Waals surface area contributed by atoms with Gasteiger partial charge in [-0.1, -0.05) is 29.3 Å². The van der Waals surface area contributed by atoms with Crippen molar-refractivity contribution >= 4 is 39.8 Å². The Labute approximate surface area is 126 Å². The summed E-state index contributed by atoms with van der Waals surface area (Å²) in [5, 5.41) is 5.44. The summed E-state index contributed by atoms with van der Waals surface area (Å²) in [7, 11) is 0. The Bertz CT molecular complexity index is 759. The van der Waals surface area contributed by atoms with Crippen molar-refractivity contribution < 1.29 is 0 Å². The largest absolute Gasteiger partial charge is 0.381 e. The van der Waals surface area contributed by atoms with Gasteiger partial charge in [0.25, 0.3) is 0 Å². The lowest BCUT2D eigenvalue weighted by molar-refractivity contribution is 1.15. The average Bonchev–Trinajstić information content (AvgIpc) is 2.47. The second-order valence-corrected chi connectivity index (χ2v) is 5.12. The standard InChI is InChI=1S/C15H11Cl2N3/c16-13-4-3-10(15-12(13)2-1-6-19-15)9-20-11-5-7-18-14(17)8-11/h1-8H,9H2,(H,18,20). The molecule has 20 heavy (non-hydrogen) atoms. The van der Waals surface area contributed by atoms with E-state index in [0.717, 1.165) is 22.2 Å². The summed E-state index contributed by atoms with van der Waals surface area (Å²) in [5.74, 6) is 0. The molecular formula is C15H11Cl2N3. The lowest BCUT2D eigenvalue weighted by Crippen LogP contribution is -2.01. The maximum atomic E-state index is 6.18. The molecule has 0 saturated heterocycles. The van der Waals surface area contributed by atoms with Gasteiger partial charge in [-0.2, -0.15) is 0 Å². The van der Waals surface area contributed by atoms with E-state index in [1.54, 1.807) is 18.5 Å². The summed E-state index contributed by atoms with van der Waals surface area (Å²) in [5.41, 5.74) is 2.91. The van der Waals surface area contributed by atoms with Crippen LogP contribution in [0.15, 0.2) is 48.8 Å². The third-order valence-corrected chi connectivity index (χ3v) is 3.55. The van der Waals surface area contributed by atoms with E-state index >= 15 is 0 Å². The van der Waals surface area contributed by atoms with Crippen LogP contribution in [0, 0.1) is 0 Å². The van der Waals surface area contributed by atoms with Gasteiger partial charge in [-0.05, 0) is 35.9 Å². The van der Waals surface area contributed by atoms with E-state index in [-0.39, 0.29) is 0 Å². The molecule has 0 aliphatic rings. The van der Waals surface area contributed by atoms with Gasteiger partial charge in [0, 0.05) is 35.0 Å². The fraction of sp³-hybridized carbons (Fsp3) is 0.0667. The van der Waals surface area contributed by atoms with E-state index in [1.165, 1.54) is 0 Å². The lowest BCUT2D eigenvalue weighted by Gasteiger charge is -2.09. The summed E-state index contributed by atoms with van der Waals surface area (Å²) in [6.45, 7) is 0.644. The number of pyridine rings is 2. The van der Waals surface area contributed by atoms with Crippen LogP contribution in [0.2, 0.25) is 10.2 Å². The normalized spacial score (nSPS) is 10.7. The summed E-state index contributed by atoms with van der Waals surface area (Å²) >= 11 is 12.0. The molecule has 2 heterocycles. The SMILES string of the molecule is Clc1cc(NCc2ccc(Cl)c3cccnc23)ccn1. The van der Waals surface area contributed by atoms with Gasteiger partial charge in [-0.15, -0.1) is 0 Å². The maximum Gasteiger partial charge on any atom is 0.131 e. The number of fused-ring (bicyclic) bond motifs is 1. The Morgan fingerprint density at radius 3 is 2.75 bits per heavy atom. The molecule has 3 nitrogen and oxygen atoms in total. The van der Waals surface area contributed by atoms with E-state index in [1.807, 2.05) is 30.3 Å². The molecule has 2 aromatic heterocycles. The molecule has 1 aromatic carbocycles. The number of aromatic nitrogens is 2. The minimum atomic E-state index is 0.467. The van der Waals surface area contributed by atoms with Gasteiger partial charge in [-0.25, -0.2) is 4.98 Å². The molecule has 3 aromatic rings. The fourth-order valence-electron chi connectivity index (χ4n) is 2.05. The van der Waals surface area contributed by atoms with Crippen molar-refractivity contribution in [3.63, 3.8) is 0 Å². The highest BCUT2D eigenvalue weighted by Gasteiger charge is 2.05. The number of nitrogens with one attached hydrogen (secondary N) is 1. The fourth-order valence-corrected chi connectivity index (χ4v) is 2.44. The third kappa shape index (κ3) is 2.69. The molecule has 1 N–H and O–H groups in total. The predicted octanol–water partition coefficient (Wildman–Crippen LogP) is 4.55. The maximum absolute atomic E-state index is 6.18. The molecule has 0 spiro atoms. The van der Waals surface area contributed by atoms with Gasteiger partial charge in [0.05, 0.1) is 5.52 Å². The van der Waals surface area contributed by atoms with E-state index in [4.69, 9.17) is 23.2 Å². The zero-order valence-electron chi connectivity index (χ0n) is 10.5. The lowest BCUT2D eigenvalue weighted by atomic mass is 10.1. The molecule has 0 aliphatic heterocycles. The Morgan fingerprint density at radius 1 is 1.00 bits per heavy atom. The molecule has 0 amide bonds. The second kappa shape index (κ2) is 5.65. The van der Waals surface area contributed by atoms with Crippen molar-refractivity contribution in [1.82, 2.24) is 9.97 Å². The van der Waals surface area contributed by atoms with Crippen molar-refractivity contribution in [3.8, 4) is 0 Å². The molecule has 0 saturated carbocycles. The molecule has 0 radical (unpaired) electrons. The number of hydrogen-bond donors (Lipinski definition) is 1. The Kier molecular flexibility index (Phi) is 3.72. The average molecular weight is 304 g/mol. The van der Waals surface area contributed by atoms with Crippen LogP contribution >= 0.6 is 23.2 Å². The van der Waals surface area contributed by atoms with Crippen LogP contribution in [0.3, 0.4) is 0 Å². The van der Waals surface area contributed by atoms with Gasteiger partial charge in [0.15, 0.2) is 0 Å². The smallest absolute Gasteiger partial charge is 0.131 e. The number of hydrogen-bond acceptors (Lipinski definition) is 3. The monoisotopic (exact) mass is 303 g/mol. The van der Waals surface area contributed by atoms with Gasteiger partial charge in [0.1, 0.15) is 5.15 Å². The van der Waals surface area contributed by atoms with Crippen molar-refractivity contribution in [1.29, 1.82) is 0 Å². The quantitative estimate of drug-likeness (QED) is 0.721. The zero-order chi connectivity index (χ0) is 13.9. The Morgan fingerprint density at radius 2 is 1.90 bits per heavy atom. The van der Waals surface area contributed by atoms with E-state index < -0.39 is 0 Å². The summed E-state index contributed by atoms with van der Waals surface area (Å²) < 4.78 is 0. The van der Waals surface area contributed by atoms with E-state index in [9.17, 15) is 0 Å². The molecule has 100 valence electrons. The highest BCUT2D eigenvalue weighted by molar-refractivity contribution is 6.35. The van der Waals surface area contributed by atoms with Crippen molar-refractivity contribution in [2.24, 2.45) is 0 Å². The van der Waals surface area contributed by atoms with Crippen LogP contribution in [0.1, 0.15) is 5.56 Å². The number of anilines is 1. The number of rotatable bonds is 3. The van der Waals surface area contributed by atoms with Crippen LogP contribution in [-0.4, -0.2) is 9.97 Å². The first-order chi connectivity index (χ1) is 9.74. The highest BCUT2D eigenvalue weighted by atomic mass is 35.5. The molecule has 0 bridgehead atoms. The minimum absolute atomic E-state index is 0.467. The summed E-state index contributed by atoms with van der Waals surface area (Å²) in [6.07, 6.45) is 3.44. The highest BCUT2D eigenvalue weighted by Crippen LogP contribution is 2.25. The third-order valence-electron chi connectivity index (χ3n) is 3.01. The minimum Gasteiger partial charge on any atom is -0.381 e. The van der Waals surface area contributed by atoms with Crippen LogP contribution < -0.4 is 5.32 Å². The molecular weight excluding hydrogens is 293 g/mol. The number of benzene rings is 1. The molecule has 0 unspecified atom stereocenters. The van der Waals surface area contributed by atoms with Crippen LogP contribution in [0.25, 0.3) is 10.9 Å². The van der Waals surface area contributed by atoms with Crippen molar-refractivity contribution in [3.05, 3.63) is 64.5 Å². The van der Waals surface area contributed by atoms with Crippen LogP contribution in [0.5, 0.6) is 0 Å². The number of nitrogens with zero attached hydrogens (tertiary/aromatic N) is 2. The summed E-state index contributed by atoms with van der Waals surface area (Å²) in [4.78, 5) is 8.36. The molecule has 0 atom stereocenters. The Hall–Kier alpha value is -1.84. The summed E-state index contributed by atoms with van der Waals surface area (Å²) in [6, 6.07) is 11.4. The molecule has 0 aliphatic carbocycles. The molecule has 0 fully saturated rings. The van der Waals surface area contributed by atoms with Crippen LogP contribution in [-0.2, 0) is 6.54 Å². The first-order valence-electron chi connectivity index (χ1n) is 6.11. The first-order valence-corrected chi connectivity index (χ1v) is 6.87. The van der Waals surface area contributed by atoms with E-state index in [0.29, 0.717) is 16.7 Å². The first kappa shape index (κ1) is 13.2. The molecule has 5 heteroatoms. The van der Waals surface area contributed by atoms with Gasteiger partial charge in [0.2, 0.25) is 0 Å².